The van der Waals surface area contributed by atoms with Crippen LogP contribution in [0.25, 0.3) is 22.4 Å². The van der Waals surface area contributed by atoms with E-state index in [9.17, 15) is 4.79 Å². The molecule has 0 saturated heterocycles. The summed E-state index contributed by atoms with van der Waals surface area (Å²) in [7, 11) is 0. The first-order chi connectivity index (χ1) is 13.2. The van der Waals surface area contributed by atoms with Gasteiger partial charge in [0.1, 0.15) is 0 Å². The van der Waals surface area contributed by atoms with Crippen molar-refractivity contribution < 1.29 is 0 Å². The minimum Gasteiger partial charge on any atom is -0.399 e. The molecule has 0 atom stereocenters. The Morgan fingerprint density at radius 2 is 1.85 bits per heavy atom. The number of nitrogen functional groups attached to an aromatic ring is 1. The molecule has 7 nitrogen and oxygen atoms in total. The Morgan fingerprint density at radius 3 is 2.63 bits per heavy atom. The fourth-order valence-electron chi connectivity index (χ4n) is 3.82. The van der Waals surface area contributed by atoms with Gasteiger partial charge in [0.2, 0.25) is 5.65 Å². The number of para-hydroxylation sites is 1. The lowest BCUT2D eigenvalue weighted by molar-refractivity contribution is 0.751. The SMILES string of the molecule is Nc1ccc2nc(NC3CCCC3)c3nn(-c4ccccc4)c(=O)n3c2c1. The van der Waals surface area contributed by atoms with Crippen molar-refractivity contribution in [1.29, 1.82) is 0 Å². The smallest absolute Gasteiger partial charge is 0.355 e. The molecule has 7 heteroatoms. The molecule has 5 rings (SSSR count). The van der Waals surface area contributed by atoms with Crippen LogP contribution < -0.4 is 16.7 Å². The molecule has 1 aliphatic carbocycles. The van der Waals surface area contributed by atoms with Gasteiger partial charge in [0.25, 0.3) is 0 Å². The van der Waals surface area contributed by atoms with Gasteiger partial charge in [-0.1, -0.05) is 31.0 Å². The summed E-state index contributed by atoms with van der Waals surface area (Å²) in [5.41, 5.74) is 8.93. The number of aromatic nitrogens is 4. The number of rotatable bonds is 3. The van der Waals surface area contributed by atoms with E-state index < -0.39 is 0 Å². The van der Waals surface area contributed by atoms with Gasteiger partial charge in [-0.15, -0.1) is 5.10 Å². The van der Waals surface area contributed by atoms with E-state index in [1.54, 1.807) is 16.5 Å². The molecule has 2 aromatic heterocycles. The molecule has 0 amide bonds. The van der Waals surface area contributed by atoms with Crippen LogP contribution >= 0.6 is 0 Å². The maximum Gasteiger partial charge on any atom is 0.355 e. The van der Waals surface area contributed by atoms with Gasteiger partial charge in [-0.05, 0) is 43.2 Å². The predicted octanol–water partition coefficient (Wildman–Crippen LogP) is 2.97. The minimum absolute atomic E-state index is 0.233. The van der Waals surface area contributed by atoms with Crippen LogP contribution in [0.4, 0.5) is 11.5 Å². The average molecular weight is 360 g/mol. The summed E-state index contributed by atoms with van der Waals surface area (Å²) in [6.45, 7) is 0. The minimum atomic E-state index is -0.233. The molecule has 2 heterocycles. The van der Waals surface area contributed by atoms with Crippen molar-refractivity contribution in [2.45, 2.75) is 31.7 Å². The second-order valence-electron chi connectivity index (χ2n) is 7.02. The summed E-state index contributed by atoms with van der Waals surface area (Å²) in [6.07, 6.45) is 4.64. The molecular formula is C20H20N6O. The van der Waals surface area contributed by atoms with Crippen LogP contribution in [0.1, 0.15) is 25.7 Å². The number of hydrogen-bond donors (Lipinski definition) is 2. The molecule has 1 fully saturated rings. The highest BCUT2D eigenvalue weighted by molar-refractivity contribution is 5.85. The standard InChI is InChI=1S/C20H20N6O/c21-13-10-11-16-17(12-13)25-19(18(23-16)22-14-6-4-5-7-14)24-26(20(25)27)15-8-2-1-3-9-15/h1-3,8-12,14H,4-7,21H2,(H,22,23). The zero-order valence-corrected chi connectivity index (χ0v) is 14.8. The Labute approximate surface area is 155 Å². The van der Waals surface area contributed by atoms with Crippen LogP contribution in [0.15, 0.2) is 53.3 Å². The van der Waals surface area contributed by atoms with E-state index >= 15 is 0 Å². The van der Waals surface area contributed by atoms with Gasteiger partial charge in [0.05, 0.1) is 16.7 Å². The number of fused-ring (bicyclic) bond motifs is 3. The van der Waals surface area contributed by atoms with Crippen molar-refractivity contribution in [2.24, 2.45) is 0 Å². The topological polar surface area (TPSA) is 90.2 Å². The summed E-state index contributed by atoms with van der Waals surface area (Å²) in [5.74, 6) is 0.644. The summed E-state index contributed by atoms with van der Waals surface area (Å²) >= 11 is 0. The third-order valence-corrected chi connectivity index (χ3v) is 5.16. The number of nitrogens with two attached hydrogens (primary N) is 1. The van der Waals surface area contributed by atoms with E-state index in [-0.39, 0.29) is 5.69 Å². The van der Waals surface area contributed by atoms with Gasteiger partial charge in [0.15, 0.2) is 5.82 Å². The average Bonchev–Trinajstić information content (AvgIpc) is 3.31. The predicted molar refractivity (Wildman–Crippen MR) is 106 cm³/mol. The Hall–Kier alpha value is -3.35. The zero-order chi connectivity index (χ0) is 18.4. The van der Waals surface area contributed by atoms with Gasteiger partial charge in [0, 0.05) is 11.7 Å². The number of hydrogen-bond acceptors (Lipinski definition) is 5. The quantitative estimate of drug-likeness (QED) is 0.548. The molecule has 1 aliphatic rings. The van der Waals surface area contributed by atoms with Crippen LogP contribution in [0.2, 0.25) is 0 Å². The lowest BCUT2D eigenvalue weighted by Gasteiger charge is -2.14. The highest BCUT2D eigenvalue weighted by Gasteiger charge is 2.21. The third kappa shape index (κ3) is 2.63. The molecule has 4 aromatic rings. The van der Waals surface area contributed by atoms with Crippen LogP contribution in [-0.4, -0.2) is 25.2 Å². The molecule has 136 valence electrons. The normalized spacial score (nSPS) is 15.0. The van der Waals surface area contributed by atoms with Gasteiger partial charge in [-0.2, -0.15) is 4.68 Å². The first kappa shape index (κ1) is 15.9. The second-order valence-corrected chi connectivity index (χ2v) is 7.02. The maximum atomic E-state index is 13.2. The van der Waals surface area contributed by atoms with Gasteiger partial charge < -0.3 is 11.1 Å². The molecule has 0 spiro atoms. The molecule has 0 radical (unpaired) electrons. The molecular weight excluding hydrogens is 340 g/mol. The first-order valence-electron chi connectivity index (χ1n) is 9.24. The van der Waals surface area contributed by atoms with Gasteiger partial charge in [-0.3, -0.25) is 0 Å². The van der Waals surface area contributed by atoms with E-state index in [2.05, 4.69) is 10.4 Å². The highest BCUT2D eigenvalue weighted by atomic mass is 16.2. The lowest BCUT2D eigenvalue weighted by atomic mass is 10.2. The Balaban J connectivity index is 1.80. The Morgan fingerprint density at radius 1 is 1.07 bits per heavy atom. The van der Waals surface area contributed by atoms with Gasteiger partial charge in [-0.25, -0.2) is 14.2 Å². The van der Waals surface area contributed by atoms with Crippen LogP contribution in [-0.2, 0) is 0 Å². The summed E-state index contributed by atoms with van der Waals surface area (Å²) < 4.78 is 3.02. The van der Waals surface area contributed by atoms with Crippen molar-refractivity contribution >= 4 is 28.2 Å². The molecule has 0 bridgehead atoms. The Kier molecular flexibility index (Phi) is 3.60. The summed E-state index contributed by atoms with van der Waals surface area (Å²) in [5, 5.41) is 8.11. The summed E-state index contributed by atoms with van der Waals surface area (Å²) in [4.78, 5) is 18.0. The number of anilines is 2. The monoisotopic (exact) mass is 360 g/mol. The maximum absolute atomic E-state index is 13.2. The van der Waals surface area contributed by atoms with E-state index in [4.69, 9.17) is 10.7 Å². The molecule has 1 saturated carbocycles. The molecule has 0 aliphatic heterocycles. The zero-order valence-electron chi connectivity index (χ0n) is 14.8. The summed E-state index contributed by atoms with van der Waals surface area (Å²) in [6, 6.07) is 15.2. The molecule has 27 heavy (non-hydrogen) atoms. The van der Waals surface area contributed by atoms with Crippen LogP contribution in [0.3, 0.4) is 0 Å². The van der Waals surface area contributed by atoms with Crippen LogP contribution in [0.5, 0.6) is 0 Å². The molecule has 3 N–H and O–H groups in total. The number of nitrogens with zero attached hydrogens (tertiary/aromatic N) is 4. The fraction of sp³-hybridized carbons (Fsp3) is 0.250. The van der Waals surface area contributed by atoms with Crippen molar-refractivity contribution in [1.82, 2.24) is 19.2 Å². The largest absolute Gasteiger partial charge is 0.399 e. The van der Waals surface area contributed by atoms with Crippen molar-refractivity contribution in [3.8, 4) is 5.69 Å². The molecule has 2 aromatic carbocycles. The number of benzene rings is 2. The van der Waals surface area contributed by atoms with Gasteiger partial charge >= 0.3 is 5.69 Å². The van der Waals surface area contributed by atoms with Crippen molar-refractivity contribution in [2.75, 3.05) is 11.1 Å². The van der Waals surface area contributed by atoms with E-state index in [1.807, 2.05) is 36.4 Å². The first-order valence-corrected chi connectivity index (χ1v) is 9.24. The van der Waals surface area contributed by atoms with Crippen LogP contribution in [0, 0.1) is 0 Å². The second kappa shape index (κ2) is 6.12. The van der Waals surface area contributed by atoms with E-state index in [0.717, 1.165) is 18.5 Å². The number of nitrogens with one attached hydrogen (secondary N) is 1. The van der Waals surface area contributed by atoms with Crippen molar-refractivity contribution in [3.05, 3.63) is 59.0 Å². The lowest BCUT2D eigenvalue weighted by Crippen LogP contribution is -2.21. The molecule has 0 unspecified atom stereocenters. The third-order valence-electron chi connectivity index (χ3n) is 5.16. The van der Waals surface area contributed by atoms with E-state index in [1.165, 1.54) is 17.5 Å². The van der Waals surface area contributed by atoms with E-state index in [0.29, 0.717) is 34.2 Å². The Bertz CT molecular complexity index is 1190. The fourth-order valence-corrected chi connectivity index (χ4v) is 3.82. The highest BCUT2D eigenvalue weighted by Crippen LogP contribution is 2.26. The van der Waals surface area contributed by atoms with Crippen molar-refractivity contribution in [3.63, 3.8) is 0 Å².